The molecule has 1 aromatic carbocycles. The van der Waals surface area contributed by atoms with Gasteiger partial charge in [-0.3, -0.25) is 0 Å². The summed E-state index contributed by atoms with van der Waals surface area (Å²) in [6.07, 6.45) is 2.63. The lowest BCUT2D eigenvalue weighted by Gasteiger charge is -2.29. The van der Waals surface area contributed by atoms with Crippen molar-refractivity contribution in [1.29, 1.82) is 0 Å². The number of rotatable bonds is 4. The number of benzene rings is 1. The number of hydrogen-bond acceptors (Lipinski definition) is 3. The van der Waals surface area contributed by atoms with E-state index in [1.807, 2.05) is 0 Å². The SMILES string of the molecule is CC1OCCC1(C)NCCC1CNc2ccccc21. The summed E-state index contributed by atoms with van der Waals surface area (Å²) in [5.41, 5.74) is 2.95. The van der Waals surface area contributed by atoms with Gasteiger partial charge < -0.3 is 15.4 Å². The van der Waals surface area contributed by atoms with Crippen molar-refractivity contribution in [3.8, 4) is 0 Å². The Morgan fingerprint density at radius 3 is 3.05 bits per heavy atom. The fourth-order valence-corrected chi connectivity index (χ4v) is 3.21. The van der Waals surface area contributed by atoms with Gasteiger partial charge in [0.05, 0.1) is 6.10 Å². The van der Waals surface area contributed by atoms with E-state index < -0.39 is 0 Å². The Kier molecular flexibility index (Phi) is 3.50. The average molecular weight is 260 g/mol. The normalized spacial score (nSPS) is 33.2. The molecule has 0 bridgehead atoms. The molecule has 2 aliphatic rings. The van der Waals surface area contributed by atoms with E-state index >= 15 is 0 Å². The van der Waals surface area contributed by atoms with Gasteiger partial charge in [0.2, 0.25) is 0 Å². The number of anilines is 1. The molecule has 19 heavy (non-hydrogen) atoms. The van der Waals surface area contributed by atoms with Crippen LogP contribution in [0.3, 0.4) is 0 Å². The molecular formula is C16H24N2O. The first-order chi connectivity index (χ1) is 9.19. The molecule has 0 saturated carbocycles. The topological polar surface area (TPSA) is 33.3 Å². The predicted molar refractivity (Wildman–Crippen MR) is 78.7 cm³/mol. The van der Waals surface area contributed by atoms with Gasteiger partial charge in [0.25, 0.3) is 0 Å². The molecular weight excluding hydrogens is 236 g/mol. The highest BCUT2D eigenvalue weighted by atomic mass is 16.5. The van der Waals surface area contributed by atoms with E-state index in [4.69, 9.17) is 4.74 Å². The van der Waals surface area contributed by atoms with E-state index in [2.05, 4.69) is 48.7 Å². The Morgan fingerprint density at radius 1 is 1.42 bits per heavy atom. The summed E-state index contributed by atoms with van der Waals surface area (Å²) < 4.78 is 5.67. The van der Waals surface area contributed by atoms with Crippen molar-refractivity contribution in [2.45, 2.75) is 44.2 Å². The molecule has 2 heterocycles. The van der Waals surface area contributed by atoms with E-state index in [0.29, 0.717) is 12.0 Å². The first kappa shape index (κ1) is 12.9. The summed E-state index contributed by atoms with van der Waals surface area (Å²) in [6.45, 7) is 7.48. The Morgan fingerprint density at radius 2 is 2.26 bits per heavy atom. The maximum absolute atomic E-state index is 5.67. The third kappa shape index (κ3) is 2.49. The van der Waals surface area contributed by atoms with Crippen molar-refractivity contribution in [2.24, 2.45) is 0 Å². The van der Waals surface area contributed by atoms with Crippen LogP contribution in [0.4, 0.5) is 5.69 Å². The Labute approximate surface area is 115 Å². The average Bonchev–Trinajstić information content (AvgIpc) is 2.96. The summed E-state index contributed by atoms with van der Waals surface area (Å²) in [6, 6.07) is 8.67. The molecule has 2 N–H and O–H groups in total. The third-order valence-electron chi connectivity index (χ3n) is 4.85. The molecule has 104 valence electrons. The van der Waals surface area contributed by atoms with Gasteiger partial charge in [-0.25, -0.2) is 0 Å². The van der Waals surface area contributed by atoms with Gasteiger partial charge in [-0.2, -0.15) is 0 Å². The minimum Gasteiger partial charge on any atom is -0.384 e. The highest BCUT2D eigenvalue weighted by molar-refractivity contribution is 5.57. The third-order valence-corrected chi connectivity index (χ3v) is 4.85. The van der Waals surface area contributed by atoms with Crippen molar-refractivity contribution in [3.05, 3.63) is 29.8 Å². The van der Waals surface area contributed by atoms with Gasteiger partial charge in [0.1, 0.15) is 0 Å². The van der Waals surface area contributed by atoms with Gasteiger partial charge in [0, 0.05) is 30.3 Å². The molecule has 2 aliphatic heterocycles. The van der Waals surface area contributed by atoms with Crippen LogP contribution >= 0.6 is 0 Å². The molecule has 3 atom stereocenters. The number of ether oxygens (including phenoxy) is 1. The lowest BCUT2D eigenvalue weighted by atomic mass is 9.93. The molecule has 3 rings (SSSR count). The second kappa shape index (κ2) is 5.14. The molecule has 1 saturated heterocycles. The molecule has 1 aromatic rings. The predicted octanol–water partition coefficient (Wildman–Crippen LogP) is 2.74. The standard InChI is InChI=1S/C16H24N2O/c1-12-16(2,8-10-19-12)18-9-7-13-11-17-15-6-4-3-5-14(13)15/h3-6,12-13,17-18H,7-11H2,1-2H3. The summed E-state index contributed by atoms with van der Waals surface area (Å²) in [7, 11) is 0. The van der Waals surface area contributed by atoms with Crippen LogP contribution in [0.15, 0.2) is 24.3 Å². The number of fused-ring (bicyclic) bond motifs is 1. The monoisotopic (exact) mass is 260 g/mol. The van der Waals surface area contributed by atoms with Crippen LogP contribution in [-0.4, -0.2) is 31.3 Å². The van der Waals surface area contributed by atoms with Crippen molar-refractivity contribution >= 4 is 5.69 Å². The molecule has 0 spiro atoms. The zero-order chi connectivity index (χ0) is 13.3. The van der Waals surface area contributed by atoms with Gasteiger partial charge in [0.15, 0.2) is 0 Å². The highest BCUT2D eigenvalue weighted by Gasteiger charge is 2.36. The smallest absolute Gasteiger partial charge is 0.0726 e. The maximum Gasteiger partial charge on any atom is 0.0726 e. The van der Waals surface area contributed by atoms with Crippen molar-refractivity contribution in [2.75, 3.05) is 25.0 Å². The summed E-state index contributed by atoms with van der Waals surface area (Å²) >= 11 is 0. The largest absolute Gasteiger partial charge is 0.384 e. The quantitative estimate of drug-likeness (QED) is 0.873. The van der Waals surface area contributed by atoms with Crippen LogP contribution in [0.5, 0.6) is 0 Å². The number of para-hydroxylation sites is 1. The molecule has 0 radical (unpaired) electrons. The lowest BCUT2D eigenvalue weighted by molar-refractivity contribution is 0.0886. The van der Waals surface area contributed by atoms with E-state index in [0.717, 1.165) is 26.1 Å². The molecule has 3 nitrogen and oxygen atoms in total. The van der Waals surface area contributed by atoms with Crippen molar-refractivity contribution in [3.63, 3.8) is 0 Å². The minimum absolute atomic E-state index is 0.158. The van der Waals surface area contributed by atoms with Crippen LogP contribution < -0.4 is 10.6 Å². The summed E-state index contributed by atoms with van der Waals surface area (Å²) in [5, 5.41) is 7.21. The van der Waals surface area contributed by atoms with Crippen LogP contribution in [0.1, 0.15) is 38.2 Å². The molecule has 3 unspecified atom stereocenters. The molecule has 3 heteroatoms. The van der Waals surface area contributed by atoms with Gasteiger partial charge >= 0.3 is 0 Å². The van der Waals surface area contributed by atoms with Gasteiger partial charge in [-0.05, 0) is 44.9 Å². The molecule has 0 aromatic heterocycles. The van der Waals surface area contributed by atoms with Crippen molar-refractivity contribution < 1.29 is 4.74 Å². The maximum atomic E-state index is 5.67. The van der Waals surface area contributed by atoms with E-state index in [1.54, 1.807) is 0 Å². The Bertz CT molecular complexity index is 448. The second-order valence-corrected chi connectivity index (χ2v) is 6.06. The Balaban J connectivity index is 1.54. The van der Waals surface area contributed by atoms with Gasteiger partial charge in [-0.1, -0.05) is 18.2 Å². The molecule has 1 fully saturated rings. The fraction of sp³-hybridized carbons (Fsp3) is 0.625. The number of hydrogen-bond donors (Lipinski definition) is 2. The van der Waals surface area contributed by atoms with Crippen LogP contribution in [-0.2, 0) is 4.74 Å². The first-order valence-corrected chi connectivity index (χ1v) is 7.38. The lowest BCUT2D eigenvalue weighted by Crippen LogP contribution is -2.48. The zero-order valence-electron chi connectivity index (χ0n) is 11.9. The first-order valence-electron chi connectivity index (χ1n) is 7.38. The highest BCUT2D eigenvalue weighted by Crippen LogP contribution is 2.33. The fourth-order valence-electron chi connectivity index (χ4n) is 3.21. The van der Waals surface area contributed by atoms with E-state index in [1.165, 1.54) is 17.7 Å². The molecule has 0 aliphatic carbocycles. The summed E-state index contributed by atoms with van der Waals surface area (Å²) in [5.74, 6) is 0.643. The van der Waals surface area contributed by atoms with Crippen LogP contribution in [0.25, 0.3) is 0 Å². The van der Waals surface area contributed by atoms with Crippen LogP contribution in [0.2, 0.25) is 0 Å². The van der Waals surface area contributed by atoms with E-state index in [-0.39, 0.29) is 5.54 Å². The summed E-state index contributed by atoms with van der Waals surface area (Å²) in [4.78, 5) is 0. The Hall–Kier alpha value is -1.06. The van der Waals surface area contributed by atoms with Crippen molar-refractivity contribution in [1.82, 2.24) is 5.32 Å². The zero-order valence-corrected chi connectivity index (χ0v) is 11.9. The van der Waals surface area contributed by atoms with E-state index in [9.17, 15) is 0 Å². The van der Waals surface area contributed by atoms with Gasteiger partial charge in [-0.15, -0.1) is 0 Å². The van der Waals surface area contributed by atoms with Crippen LogP contribution in [0, 0.1) is 0 Å². The number of nitrogens with one attached hydrogen (secondary N) is 2. The second-order valence-electron chi connectivity index (χ2n) is 6.06. The molecule has 0 amide bonds. The minimum atomic E-state index is 0.158.